The van der Waals surface area contributed by atoms with Gasteiger partial charge in [-0.2, -0.15) is 13.2 Å². The Morgan fingerprint density at radius 2 is 1.61 bits per heavy atom. The van der Waals surface area contributed by atoms with Crippen LogP contribution in [0.4, 0.5) is 13.2 Å². The molecule has 0 aliphatic heterocycles. The molecule has 0 fully saturated rings. The summed E-state index contributed by atoms with van der Waals surface area (Å²) in [7, 11) is 4.92. The van der Waals surface area contributed by atoms with Crippen LogP contribution in [0.15, 0.2) is 78.9 Å². The van der Waals surface area contributed by atoms with Crippen LogP contribution in [0.5, 0.6) is 17.2 Å². The number of halogens is 4. The van der Waals surface area contributed by atoms with E-state index in [4.69, 9.17) is 19.3 Å². The number of carboxylic acids is 1. The molecule has 3 aromatic rings. The number of benzene rings is 3. The van der Waals surface area contributed by atoms with E-state index in [9.17, 15) is 18.0 Å². The third kappa shape index (κ3) is 10.7. The van der Waals surface area contributed by atoms with Gasteiger partial charge in [0.2, 0.25) is 0 Å². The van der Waals surface area contributed by atoms with Crippen LogP contribution in [0.2, 0.25) is 0 Å². The fourth-order valence-corrected chi connectivity index (χ4v) is 3.25. The van der Waals surface area contributed by atoms with Crippen LogP contribution in [-0.2, 0) is 11.0 Å². The number of carbonyl (C=O) groups is 1. The van der Waals surface area contributed by atoms with Crippen molar-refractivity contribution in [3.63, 3.8) is 0 Å². The number of carboxylic acid groups (broad SMARTS) is 1. The normalized spacial score (nSPS) is 11.5. The zero-order valence-electron chi connectivity index (χ0n) is 21.2. The molecule has 2 N–H and O–H groups in total. The van der Waals surface area contributed by atoms with Gasteiger partial charge in [0.15, 0.2) is 11.5 Å². The Labute approximate surface area is 226 Å². The molecular weight excluding hydrogens is 523 g/mol. The molecule has 0 saturated heterocycles. The van der Waals surface area contributed by atoms with E-state index in [-0.39, 0.29) is 18.5 Å². The van der Waals surface area contributed by atoms with Crippen molar-refractivity contribution in [1.29, 1.82) is 0 Å². The van der Waals surface area contributed by atoms with Crippen molar-refractivity contribution in [2.45, 2.75) is 18.7 Å². The molecule has 38 heavy (non-hydrogen) atoms. The number of nitrogens with one attached hydrogen (secondary N) is 1. The van der Waals surface area contributed by atoms with Crippen molar-refractivity contribution < 1.29 is 37.3 Å². The van der Waals surface area contributed by atoms with Gasteiger partial charge in [-0.1, -0.05) is 36.4 Å². The molecule has 0 aliphatic carbocycles. The van der Waals surface area contributed by atoms with Crippen molar-refractivity contribution in [3.8, 4) is 17.2 Å². The van der Waals surface area contributed by atoms with E-state index in [0.717, 1.165) is 42.3 Å². The van der Waals surface area contributed by atoms with Crippen molar-refractivity contribution >= 4 is 24.5 Å². The fraction of sp³-hybridized carbons (Fsp3) is 0.250. The average molecular weight is 554 g/mol. The summed E-state index contributed by atoms with van der Waals surface area (Å²) in [5.41, 5.74) is 1.07. The lowest BCUT2D eigenvalue weighted by Crippen LogP contribution is -2.16. The molecule has 10 heteroatoms. The Bertz CT molecular complexity index is 1140. The van der Waals surface area contributed by atoms with E-state index in [1.807, 2.05) is 37.4 Å². The van der Waals surface area contributed by atoms with Gasteiger partial charge in [0.1, 0.15) is 11.9 Å². The standard InChI is InChI=1S/C17H18F3NO.C11H12O4.ClH/c1-21-12-11-16(13-5-3-2-4-6-13)22-15-9-7-14(8-10-15)17(18,19)20;1-14-9-5-3-8(4-6-11(12)13)7-10(9)15-2;/h2-10,16,21H,11-12H2,1H3;3-7H,1-2H3,(H,12,13);1H. The van der Waals surface area contributed by atoms with Crippen LogP contribution in [0.1, 0.15) is 29.2 Å². The van der Waals surface area contributed by atoms with E-state index in [2.05, 4.69) is 5.32 Å². The first kappa shape index (κ1) is 32.3. The van der Waals surface area contributed by atoms with Crippen molar-refractivity contribution in [1.82, 2.24) is 5.32 Å². The summed E-state index contributed by atoms with van der Waals surface area (Å²) in [5, 5.41) is 11.5. The first-order valence-corrected chi connectivity index (χ1v) is 11.3. The Morgan fingerprint density at radius 1 is 0.974 bits per heavy atom. The van der Waals surface area contributed by atoms with Crippen LogP contribution in [-0.4, -0.2) is 38.9 Å². The number of hydrogen-bond acceptors (Lipinski definition) is 5. The molecule has 206 valence electrons. The van der Waals surface area contributed by atoms with Gasteiger partial charge in [0.05, 0.1) is 19.8 Å². The van der Waals surface area contributed by atoms with Crippen LogP contribution in [0.3, 0.4) is 0 Å². The fourth-order valence-electron chi connectivity index (χ4n) is 3.25. The van der Waals surface area contributed by atoms with Gasteiger partial charge in [-0.15, -0.1) is 12.4 Å². The van der Waals surface area contributed by atoms with Gasteiger partial charge in [0, 0.05) is 12.5 Å². The molecule has 1 atom stereocenters. The highest BCUT2D eigenvalue weighted by Gasteiger charge is 2.30. The van der Waals surface area contributed by atoms with Crippen LogP contribution >= 0.6 is 12.4 Å². The number of aliphatic carboxylic acids is 1. The molecule has 0 aromatic heterocycles. The van der Waals surface area contributed by atoms with E-state index < -0.39 is 17.7 Å². The number of methoxy groups -OCH3 is 2. The summed E-state index contributed by atoms with van der Waals surface area (Å²) >= 11 is 0. The number of hydrogen-bond donors (Lipinski definition) is 2. The van der Waals surface area contributed by atoms with Gasteiger partial charge in [-0.25, -0.2) is 4.79 Å². The quantitative estimate of drug-likeness (QED) is 0.273. The minimum Gasteiger partial charge on any atom is -0.493 e. The van der Waals surface area contributed by atoms with Crippen molar-refractivity contribution in [2.24, 2.45) is 0 Å². The molecule has 0 radical (unpaired) electrons. The lowest BCUT2D eigenvalue weighted by Gasteiger charge is -2.20. The molecule has 1 unspecified atom stereocenters. The van der Waals surface area contributed by atoms with Crippen molar-refractivity contribution in [2.75, 3.05) is 27.8 Å². The maximum Gasteiger partial charge on any atom is 0.416 e. The van der Waals surface area contributed by atoms with Crippen molar-refractivity contribution in [3.05, 3.63) is 95.6 Å². The monoisotopic (exact) mass is 553 g/mol. The minimum absolute atomic E-state index is 0. The smallest absolute Gasteiger partial charge is 0.416 e. The SMILES string of the molecule is CNCCC(Oc1ccc(C(F)(F)F)cc1)c1ccccc1.COc1ccc(C=CC(=O)O)cc1OC.Cl. The molecule has 3 aromatic carbocycles. The zero-order chi connectivity index (χ0) is 27.3. The predicted molar refractivity (Wildman–Crippen MR) is 143 cm³/mol. The maximum absolute atomic E-state index is 12.6. The topological polar surface area (TPSA) is 77.0 Å². The molecule has 0 aliphatic rings. The number of ether oxygens (including phenoxy) is 3. The summed E-state index contributed by atoms with van der Waals surface area (Å²) < 4.78 is 53.7. The summed E-state index contributed by atoms with van der Waals surface area (Å²) in [6.45, 7) is 0.750. The Kier molecular flexibility index (Phi) is 13.8. The van der Waals surface area contributed by atoms with Gasteiger partial charge >= 0.3 is 12.1 Å². The van der Waals surface area contributed by atoms with Crippen LogP contribution in [0, 0.1) is 0 Å². The number of alkyl halides is 3. The van der Waals surface area contributed by atoms with E-state index in [0.29, 0.717) is 17.2 Å². The number of rotatable bonds is 10. The Morgan fingerprint density at radius 3 is 2.13 bits per heavy atom. The molecule has 0 heterocycles. The largest absolute Gasteiger partial charge is 0.493 e. The highest BCUT2D eigenvalue weighted by atomic mass is 35.5. The summed E-state index contributed by atoms with van der Waals surface area (Å²) in [4.78, 5) is 10.3. The molecule has 0 bridgehead atoms. The zero-order valence-corrected chi connectivity index (χ0v) is 22.0. The second-order valence-electron chi connectivity index (χ2n) is 7.72. The van der Waals surface area contributed by atoms with E-state index in [1.165, 1.54) is 25.3 Å². The summed E-state index contributed by atoms with van der Waals surface area (Å²) in [5.74, 6) is 0.637. The van der Waals surface area contributed by atoms with Gasteiger partial charge in [0.25, 0.3) is 0 Å². The highest BCUT2D eigenvalue weighted by molar-refractivity contribution is 5.85. The summed E-state index contributed by atoms with van der Waals surface area (Å²) in [6.07, 6.45) is -1.25. The molecule has 0 amide bonds. The molecule has 0 spiro atoms. The first-order chi connectivity index (χ1) is 17.7. The van der Waals surface area contributed by atoms with E-state index in [1.54, 1.807) is 25.3 Å². The van der Waals surface area contributed by atoms with E-state index >= 15 is 0 Å². The minimum atomic E-state index is -4.33. The third-order valence-corrected chi connectivity index (χ3v) is 5.11. The second kappa shape index (κ2) is 16.2. The Hall–Kier alpha value is -3.69. The molecule has 3 rings (SSSR count). The van der Waals surface area contributed by atoms with Gasteiger partial charge in [-0.3, -0.25) is 0 Å². The average Bonchev–Trinajstić information content (AvgIpc) is 2.90. The Balaban J connectivity index is 0.000000397. The third-order valence-electron chi connectivity index (χ3n) is 5.11. The maximum atomic E-state index is 12.6. The summed E-state index contributed by atoms with van der Waals surface area (Å²) in [6, 6.07) is 19.6. The van der Waals surface area contributed by atoms with Crippen LogP contribution in [0.25, 0.3) is 6.08 Å². The lowest BCUT2D eigenvalue weighted by molar-refractivity contribution is -0.137. The first-order valence-electron chi connectivity index (χ1n) is 11.3. The lowest BCUT2D eigenvalue weighted by atomic mass is 10.1. The second-order valence-corrected chi connectivity index (χ2v) is 7.72. The van der Waals surface area contributed by atoms with Gasteiger partial charge < -0.3 is 24.6 Å². The van der Waals surface area contributed by atoms with Crippen LogP contribution < -0.4 is 19.5 Å². The molecular formula is C28H31ClF3NO5. The molecule has 0 saturated carbocycles. The van der Waals surface area contributed by atoms with Gasteiger partial charge in [-0.05, 0) is 67.2 Å². The highest BCUT2D eigenvalue weighted by Crippen LogP contribution is 2.32. The molecule has 6 nitrogen and oxygen atoms in total. The predicted octanol–water partition coefficient (Wildman–Crippen LogP) is 6.66.